The predicted octanol–water partition coefficient (Wildman–Crippen LogP) is 5.64. The van der Waals surface area contributed by atoms with Crippen LogP contribution >= 0.6 is 11.6 Å². The summed E-state index contributed by atoms with van der Waals surface area (Å²) in [5, 5.41) is 10.4. The van der Waals surface area contributed by atoms with E-state index in [1.54, 1.807) is 0 Å². The van der Waals surface area contributed by atoms with Crippen molar-refractivity contribution in [2.24, 2.45) is 13.0 Å². The van der Waals surface area contributed by atoms with E-state index in [-0.39, 0.29) is 24.5 Å². The van der Waals surface area contributed by atoms with Crippen LogP contribution in [0.15, 0.2) is 18.2 Å². The van der Waals surface area contributed by atoms with Crippen molar-refractivity contribution < 1.29 is 14.7 Å². The number of aryl methyl sites for hydroxylation is 1. The third kappa shape index (κ3) is 4.88. The van der Waals surface area contributed by atoms with Crippen molar-refractivity contribution >= 4 is 34.3 Å². The second-order valence-electron chi connectivity index (χ2n) is 7.18. The molecule has 0 saturated heterocycles. The van der Waals surface area contributed by atoms with Crippen LogP contribution < -0.4 is 0 Å². The summed E-state index contributed by atoms with van der Waals surface area (Å²) in [6.45, 7) is 3.99. The molecule has 0 spiro atoms. The number of rotatable bonds is 10. The van der Waals surface area contributed by atoms with Crippen LogP contribution in [0.1, 0.15) is 68.4 Å². The van der Waals surface area contributed by atoms with E-state index in [4.69, 9.17) is 16.7 Å². The number of unbranched alkanes of at least 4 members (excludes halogenated alkanes) is 3. The Balaban J connectivity index is 2.38. The lowest BCUT2D eigenvalue weighted by atomic mass is 9.94. The molecule has 1 aromatic carbocycles. The van der Waals surface area contributed by atoms with Crippen LogP contribution in [0.25, 0.3) is 10.9 Å². The zero-order chi connectivity index (χ0) is 19.3. The molecular formula is C21H28ClNO3. The van der Waals surface area contributed by atoms with Gasteiger partial charge in [-0.15, -0.1) is 0 Å². The highest BCUT2D eigenvalue weighted by Crippen LogP contribution is 2.31. The molecule has 2 aromatic rings. The number of aliphatic carboxylic acids is 1. The number of halogens is 1. The average molecular weight is 378 g/mol. The van der Waals surface area contributed by atoms with Gasteiger partial charge in [0.05, 0.1) is 0 Å². The molecule has 142 valence electrons. The van der Waals surface area contributed by atoms with Gasteiger partial charge in [-0.05, 0) is 37.0 Å². The van der Waals surface area contributed by atoms with Crippen LogP contribution in [0.4, 0.5) is 0 Å². The maximum absolute atomic E-state index is 13.0. The van der Waals surface area contributed by atoms with Crippen LogP contribution in [0.2, 0.25) is 5.02 Å². The molecule has 0 saturated carbocycles. The Bertz CT molecular complexity index is 794. The van der Waals surface area contributed by atoms with Gasteiger partial charge in [0, 0.05) is 47.1 Å². The molecular weight excluding hydrogens is 350 g/mol. The number of carboxylic acids is 1. The smallest absolute Gasteiger partial charge is 0.303 e. The Kier molecular flexibility index (Phi) is 7.27. The second kappa shape index (κ2) is 9.22. The number of hydrogen-bond donors (Lipinski definition) is 1. The lowest BCUT2D eigenvalue weighted by Gasteiger charge is -2.10. The fourth-order valence-corrected chi connectivity index (χ4v) is 3.75. The minimum absolute atomic E-state index is 0.00307. The maximum atomic E-state index is 13.0. The van der Waals surface area contributed by atoms with Gasteiger partial charge in [0.1, 0.15) is 0 Å². The fraction of sp³-hybridized carbons (Fsp3) is 0.524. The molecule has 0 radical (unpaired) electrons. The Morgan fingerprint density at radius 1 is 1.19 bits per heavy atom. The summed E-state index contributed by atoms with van der Waals surface area (Å²) in [7, 11) is 1.99. The largest absolute Gasteiger partial charge is 0.481 e. The monoisotopic (exact) mass is 377 g/mol. The number of Topliss-reactive ketones (excluding diaryl/α,β-unsaturated/α-hetero) is 1. The molecule has 0 aliphatic carbocycles. The summed E-state index contributed by atoms with van der Waals surface area (Å²) in [5.41, 5.74) is 2.75. The van der Waals surface area contributed by atoms with E-state index < -0.39 is 5.97 Å². The summed E-state index contributed by atoms with van der Waals surface area (Å²) in [4.78, 5) is 24.0. The number of ketones is 1. The quantitative estimate of drug-likeness (QED) is 0.430. The van der Waals surface area contributed by atoms with Gasteiger partial charge >= 0.3 is 5.97 Å². The predicted molar refractivity (Wildman–Crippen MR) is 106 cm³/mol. The first kappa shape index (κ1) is 20.5. The van der Waals surface area contributed by atoms with Gasteiger partial charge in [0.15, 0.2) is 5.78 Å². The minimum Gasteiger partial charge on any atom is -0.481 e. The topological polar surface area (TPSA) is 59.3 Å². The summed E-state index contributed by atoms with van der Waals surface area (Å²) in [6.07, 6.45) is 5.62. The molecule has 4 nitrogen and oxygen atoms in total. The number of carbonyl (C=O) groups is 2. The first-order chi connectivity index (χ1) is 12.3. The van der Waals surface area contributed by atoms with Crippen LogP contribution in [0.3, 0.4) is 0 Å². The molecule has 26 heavy (non-hydrogen) atoms. The SMILES string of the molecule is CCCCCCc1c(C(=O)C[C@@H](C)CC(=O)O)c2cc(Cl)ccc2n1C. The van der Waals surface area contributed by atoms with Crippen molar-refractivity contribution in [2.75, 3.05) is 0 Å². The molecule has 0 bridgehead atoms. The molecule has 1 aromatic heterocycles. The Labute approximate surface area is 160 Å². The zero-order valence-corrected chi connectivity index (χ0v) is 16.6. The van der Waals surface area contributed by atoms with Crippen molar-refractivity contribution in [2.45, 2.75) is 58.8 Å². The van der Waals surface area contributed by atoms with E-state index in [2.05, 4.69) is 11.5 Å². The van der Waals surface area contributed by atoms with Gasteiger partial charge in [-0.25, -0.2) is 0 Å². The van der Waals surface area contributed by atoms with Crippen LogP contribution in [0.5, 0.6) is 0 Å². The summed E-state index contributed by atoms with van der Waals surface area (Å²) in [5.74, 6) is -1.05. The van der Waals surface area contributed by atoms with E-state index in [0.29, 0.717) is 5.02 Å². The standard InChI is InChI=1S/C21H28ClNO3/c1-4-5-6-7-8-18-21(19(24)11-14(2)12-20(25)26)16-13-15(22)9-10-17(16)23(18)3/h9-10,13-14H,4-8,11-12H2,1-3H3,(H,25,26)/t14-/m1/s1. The van der Waals surface area contributed by atoms with Gasteiger partial charge in [0.25, 0.3) is 0 Å². The number of nitrogens with zero attached hydrogens (tertiary/aromatic N) is 1. The first-order valence-corrected chi connectivity index (χ1v) is 9.74. The van der Waals surface area contributed by atoms with Crippen molar-refractivity contribution in [1.82, 2.24) is 4.57 Å². The van der Waals surface area contributed by atoms with Gasteiger partial charge in [0.2, 0.25) is 0 Å². The lowest BCUT2D eigenvalue weighted by molar-refractivity contribution is -0.137. The molecule has 0 aliphatic rings. The lowest BCUT2D eigenvalue weighted by Crippen LogP contribution is -2.12. The molecule has 1 heterocycles. The van der Waals surface area contributed by atoms with Gasteiger partial charge in [-0.1, -0.05) is 44.7 Å². The zero-order valence-electron chi connectivity index (χ0n) is 15.8. The highest BCUT2D eigenvalue weighted by atomic mass is 35.5. The molecule has 1 N–H and O–H groups in total. The number of carbonyl (C=O) groups excluding carboxylic acids is 1. The van der Waals surface area contributed by atoms with Crippen LogP contribution in [-0.4, -0.2) is 21.4 Å². The van der Waals surface area contributed by atoms with Crippen molar-refractivity contribution in [3.63, 3.8) is 0 Å². The second-order valence-corrected chi connectivity index (χ2v) is 7.62. The highest BCUT2D eigenvalue weighted by molar-refractivity contribution is 6.31. The summed E-state index contributed by atoms with van der Waals surface area (Å²) < 4.78 is 2.09. The third-order valence-corrected chi connectivity index (χ3v) is 5.12. The van der Waals surface area contributed by atoms with E-state index in [9.17, 15) is 9.59 Å². The molecule has 0 amide bonds. The highest BCUT2D eigenvalue weighted by Gasteiger charge is 2.23. The number of hydrogen-bond acceptors (Lipinski definition) is 2. The van der Waals surface area contributed by atoms with Crippen molar-refractivity contribution in [3.05, 3.63) is 34.5 Å². The van der Waals surface area contributed by atoms with Gasteiger partial charge in [-0.2, -0.15) is 0 Å². The van der Waals surface area contributed by atoms with Crippen LogP contribution in [0, 0.1) is 5.92 Å². The van der Waals surface area contributed by atoms with Gasteiger partial charge < -0.3 is 9.67 Å². The van der Waals surface area contributed by atoms with Gasteiger partial charge in [-0.3, -0.25) is 9.59 Å². The third-order valence-electron chi connectivity index (χ3n) is 4.89. The fourth-order valence-electron chi connectivity index (χ4n) is 3.58. The number of aromatic nitrogens is 1. The number of fused-ring (bicyclic) bond motifs is 1. The van der Waals surface area contributed by atoms with E-state index in [0.717, 1.165) is 41.4 Å². The molecule has 0 unspecified atom stereocenters. The normalized spacial score (nSPS) is 12.5. The minimum atomic E-state index is -0.869. The molecule has 0 aliphatic heterocycles. The van der Waals surface area contributed by atoms with E-state index in [1.165, 1.54) is 12.8 Å². The Morgan fingerprint density at radius 2 is 1.92 bits per heavy atom. The Hall–Kier alpha value is -1.81. The van der Waals surface area contributed by atoms with Crippen molar-refractivity contribution in [1.29, 1.82) is 0 Å². The van der Waals surface area contributed by atoms with E-state index in [1.807, 2.05) is 32.2 Å². The van der Waals surface area contributed by atoms with Crippen LogP contribution in [-0.2, 0) is 18.3 Å². The molecule has 5 heteroatoms. The number of benzene rings is 1. The molecule has 2 rings (SSSR count). The van der Waals surface area contributed by atoms with Crippen molar-refractivity contribution in [3.8, 4) is 0 Å². The average Bonchev–Trinajstić information content (AvgIpc) is 2.82. The molecule has 0 fully saturated rings. The summed E-state index contributed by atoms with van der Waals surface area (Å²) >= 11 is 6.18. The maximum Gasteiger partial charge on any atom is 0.303 e. The van der Waals surface area contributed by atoms with E-state index >= 15 is 0 Å². The summed E-state index contributed by atoms with van der Waals surface area (Å²) in [6, 6.07) is 5.64. The number of carboxylic acid groups (broad SMARTS) is 1. The molecule has 1 atom stereocenters. The first-order valence-electron chi connectivity index (χ1n) is 9.36. The Morgan fingerprint density at radius 3 is 2.58 bits per heavy atom.